The molecule has 0 unspecified atom stereocenters. The number of fused-ring (bicyclic) bond motifs is 1. The lowest BCUT2D eigenvalue weighted by atomic mass is 10.3. The second-order valence-corrected chi connectivity index (χ2v) is 4.67. The van der Waals surface area contributed by atoms with E-state index in [1.54, 1.807) is 0 Å². The smallest absolute Gasteiger partial charge is 0.113 e. The molecule has 0 saturated heterocycles. The van der Waals surface area contributed by atoms with Crippen LogP contribution in [-0.2, 0) is 6.54 Å². The number of likely N-dealkylation sites (N-methyl/N-ethyl adjacent to an activating group) is 2. The summed E-state index contributed by atoms with van der Waals surface area (Å²) < 4.78 is 1.96. The van der Waals surface area contributed by atoms with Crippen LogP contribution in [-0.4, -0.2) is 59.2 Å². The quantitative estimate of drug-likeness (QED) is 0.735. The Morgan fingerprint density at radius 2 is 1.76 bits per heavy atom. The maximum atomic E-state index is 4.21. The molecule has 5 heteroatoms. The van der Waals surface area contributed by atoms with Gasteiger partial charge in [-0.25, -0.2) is 4.68 Å². The molecule has 2 rings (SSSR count). The Morgan fingerprint density at radius 3 is 2.41 bits per heavy atom. The van der Waals surface area contributed by atoms with Crippen molar-refractivity contribution in [3.05, 3.63) is 24.3 Å². The van der Waals surface area contributed by atoms with Crippen LogP contribution in [0.3, 0.4) is 0 Å². The van der Waals surface area contributed by atoms with Crippen LogP contribution in [0.25, 0.3) is 11.0 Å². The molecule has 1 aromatic carbocycles. The molecule has 0 spiro atoms. The van der Waals surface area contributed by atoms with Crippen molar-refractivity contribution in [3.8, 4) is 0 Å². The minimum atomic E-state index is 0.306. The largest absolute Gasteiger partial charge is 0.293 e. The zero-order valence-corrected chi connectivity index (χ0v) is 10.8. The topological polar surface area (TPSA) is 37.2 Å². The van der Waals surface area contributed by atoms with Gasteiger partial charge in [0.15, 0.2) is 0 Å². The Labute approximate surface area is 102 Å². The number of aromatic nitrogens is 3. The van der Waals surface area contributed by atoms with Crippen LogP contribution in [0.1, 0.15) is 0 Å². The van der Waals surface area contributed by atoms with Crippen molar-refractivity contribution < 1.29 is 0 Å². The third-order valence-corrected chi connectivity index (χ3v) is 2.95. The summed E-state index contributed by atoms with van der Waals surface area (Å²) in [7, 11) is 8.29. The summed E-state index contributed by atoms with van der Waals surface area (Å²) in [6, 6.07) is 8.04. The monoisotopic (exact) mass is 233 g/mol. The van der Waals surface area contributed by atoms with E-state index in [0.29, 0.717) is 6.17 Å². The van der Waals surface area contributed by atoms with Crippen LogP contribution in [0.5, 0.6) is 0 Å². The van der Waals surface area contributed by atoms with Gasteiger partial charge < -0.3 is 0 Å². The minimum Gasteiger partial charge on any atom is -0.293 e. The lowest BCUT2D eigenvalue weighted by molar-refractivity contribution is 0.108. The highest BCUT2D eigenvalue weighted by atomic mass is 15.5. The van der Waals surface area contributed by atoms with Gasteiger partial charge in [-0.05, 0) is 40.3 Å². The first-order chi connectivity index (χ1) is 8.09. The number of nitrogens with zero attached hydrogens (tertiary/aromatic N) is 5. The van der Waals surface area contributed by atoms with Crippen molar-refractivity contribution in [3.63, 3.8) is 0 Å². The molecular formula is C12H19N5. The third-order valence-electron chi connectivity index (χ3n) is 2.95. The van der Waals surface area contributed by atoms with Crippen LogP contribution >= 0.6 is 0 Å². The van der Waals surface area contributed by atoms with Gasteiger partial charge in [-0.15, -0.1) is 5.10 Å². The molecule has 0 fully saturated rings. The minimum absolute atomic E-state index is 0.306. The fourth-order valence-electron chi connectivity index (χ4n) is 2.00. The number of hydrogen-bond donors (Lipinski definition) is 0. The van der Waals surface area contributed by atoms with Crippen molar-refractivity contribution in [1.29, 1.82) is 0 Å². The van der Waals surface area contributed by atoms with E-state index in [1.807, 2.05) is 22.9 Å². The average Bonchev–Trinajstić information content (AvgIpc) is 2.68. The molecule has 0 saturated carbocycles. The number of para-hydroxylation sites is 1. The van der Waals surface area contributed by atoms with Crippen molar-refractivity contribution in [2.45, 2.75) is 12.7 Å². The Balaban J connectivity index is 2.28. The van der Waals surface area contributed by atoms with Crippen LogP contribution in [0, 0.1) is 0 Å². The fourth-order valence-corrected chi connectivity index (χ4v) is 2.00. The van der Waals surface area contributed by atoms with Gasteiger partial charge in [-0.1, -0.05) is 17.3 Å². The van der Waals surface area contributed by atoms with Gasteiger partial charge >= 0.3 is 0 Å². The summed E-state index contributed by atoms with van der Waals surface area (Å²) in [6.45, 7) is 0.806. The van der Waals surface area contributed by atoms with E-state index in [0.717, 1.165) is 17.6 Å². The molecule has 1 heterocycles. The third kappa shape index (κ3) is 2.45. The second kappa shape index (κ2) is 4.81. The summed E-state index contributed by atoms with van der Waals surface area (Å²) in [5.74, 6) is 0. The SMILES string of the molecule is CN(C)C(Cn1nnc2ccccc21)N(C)C. The van der Waals surface area contributed by atoms with E-state index >= 15 is 0 Å². The highest BCUT2D eigenvalue weighted by molar-refractivity contribution is 5.73. The van der Waals surface area contributed by atoms with Crippen LogP contribution in [0.4, 0.5) is 0 Å². The highest BCUT2D eigenvalue weighted by Crippen LogP contribution is 2.11. The summed E-state index contributed by atoms with van der Waals surface area (Å²) >= 11 is 0. The van der Waals surface area contributed by atoms with Crippen molar-refractivity contribution in [1.82, 2.24) is 24.8 Å². The molecule has 2 aromatic rings. The van der Waals surface area contributed by atoms with Crippen LogP contribution in [0.15, 0.2) is 24.3 Å². The van der Waals surface area contributed by atoms with Crippen LogP contribution < -0.4 is 0 Å². The van der Waals surface area contributed by atoms with Gasteiger partial charge in [0.1, 0.15) is 5.52 Å². The summed E-state index contributed by atoms with van der Waals surface area (Å²) in [6.07, 6.45) is 0.306. The zero-order chi connectivity index (χ0) is 12.4. The molecule has 0 aliphatic rings. The number of hydrogen-bond acceptors (Lipinski definition) is 4. The summed E-state index contributed by atoms with van der Waals surface area (Å²) in [5, 5.41) is 8.38. The molecule has 17 heavy (non-hydrogen) atoms. The van der Waals surface area contributed by atoms with Gasteiger partial charge in [0.2, 0.25) is 0 Å². The average molecular weight is 233 g/mol. The Hall–Kier alpha value is -1.46. The molecule has 0 amide bonds. The van der Waals surface area contributed by atoms with Gasteiger partial charge in [-0.2, -0.15) is 0 Å². The van der Waals surface area contributed by atoms with Gasteiger partial charge in [-0.3, -0.25) is 9.80 Å². The van der Waals surface area contributed by atoms with E-state index in [2.05, 4.69) is 54.4 Å². The Morgan fingerprint density at radius 1 is 1.12 bits per heavy atom. The summed E-state index contributed by atoms with van der Waals surface area (Å²) in [5.41, 5.74) is 2.03. The molecule has 1 aromatic heterocycles. The lowest BCUT2D eigenvalue weighted by Gasteiger charge is -2.30. The molecule has 0 aliphatic carbocycles. The highest BCUT2D eigenvalue weighted by Gasteiger charge is 2.16. The van der Waals surface area contributed by atoms with E-state index < -0.39 is 0 Å². The standard InChI is InChI=1S/C12H19N5/c1-15(2)12(16(3)4)9-17-11-8-6-5-7-10(11)13-14-17/h5-8,12H,9H2,1-4H3. The lowest BCUT2D eigenvalue weighted by Crippen LogP contribution is -2.43. The Bertz CT molecular complexity index is 480. The first-order valence-corrected chi connectivity index (χ1v) is 5.70. The van der Waals surface area contributed by atoms with Gasteiger partial charge in [0.05, 0.1) is 18.2 Å². The molecule has 0 N–H and O–H groups in total. The number of rotatable bonds is 4. The first-order valence-electron chi connectivity index (χ1n) is 5.70. The van der Waals surface area contributed by atoms with E-state index in [1.165, 1.54) is 0 Å². The van der Waals surface area contributed by atoms with Crippen molar-refractivity contribution >= 4 is 11.0 Å². The van der Waals surface area contributed by atoms with E-state index in [-0.39, 0.29) is 0 Å². The predicted molar refractivity (Wildman–Crippen MR) is 68.7 cm³/mol. The molecule has 0 bridgehead atoms. The van der Waals surface area contributed by atoms with Crippen molar-refractivity contribution in [2.24, 2.45) is 0 Å². The second-order valence-electron chi connectivity index (χ2n) is 4.67. The predicted octanol–water partition coefficient (Wildman–Crippen LogP) is 0.881. The zero-order valence-electron chi connectivity index (χ0n) is 10.8. The first kappa shape index (κ1) is 12.0. The maximum Gasteiger partial charge on any atom is 0.113 e. The van der Waals surface area contributed by atoms with Gasteiger partial charge in [0, 0.05) is 0 Å². The molecule has 92 valence electrons. The van der Waals surface area contributed by atoms with Gasteiger partial charge in [0.25, 0.3) is 0 Å². The van der Waals surface area contributed by atoms with E-state index in [4.69, 9.17) is 0 Å². The van der Waals surface area contributed by atoms with Crippen molar-refractivity contribution in [2.75, 3.05) is 28.2 Å². The molecule has 5 nitrogen and oxygen atoms in total. The molecule has 0 atom stereocenters. The Kier molecular flexibility index (Phi) is 3.40. The van der Waals surface area contributed by atoms with E-state index in [9.17, 15) is 0 Å². The number of benzene rings is 1. The summed E-state index contributed by atoms with van der Waals surface area (Å²) in [4.78, 5) is 4.35. The van der Waals surface area contributed by atoms with Crippen LogP contribution in [0.2, 0.25) is 0 Å². The molecule has 0 aliphatic heterocycles. The fraction of sp³-hybridized carbons (Fsp3) is 0.500. The molecule has 0 radical (unpaired) electrons. The molecular weight excluding hydrogens is 214 g/mol. The maximum absolute atomic E-state index is 4.21. The normalized spacial score (nSPS) is 12.2.